The molecule has 1 saturated heterocycles. The van der Waals surface area contributed by atoms with Gasteiger partial charge in [0, 0.05) is 38.3 Å². The molecule has 31 heavy (non-hydrogen) atoms. The predicted molar refractivity (Wildman–Crippen MR) is 116 cm³/mol. The molecule has 0 aromatic carbocycles. The summed E-state index contributed by atoms with van der Waals surface area (Å²) in [6.07, 6.45) is 4.14. The Morgan fingerprint density at radius 2 is 1.03 bits per heavy atom. The first-order valence-electron chi connectivity index (χ1n) is 11.7. The van der Waals surface area contributed by atoms with Gasteiger partial charge in [0.05, 0.1) is 39.5 Å². The van der Waals surface area contributed by atoms with Crippen molar-refractivity contribution in [2.24, 2.45) is 0 Å². The van der Waals surface area contributed by atoms with E-state index >= 15 is 0 Å². The molecule has 9 nitrogen and oxygen atoms in total. The fraction of sp³-hybridized carbons (Fsp3) is 0.864. The first-order valence-corrected chi connectivity index (χ1v) is 11.7. The Balaban J connectivity index is 2.23. The lowest BCUT2D eigenvalue weighted by Gasteiger charge is -2.43. The van der Waals surface area contributed by atoms with Gasteiger partial charge < -0.3 is 14.2 Å². The van der Waals surface area contributed by atoms with Gasteiger partial charge >= 0.3 is 17.9 Å². The summed E-state index contributed by atoms with van der Waals surface area (Å²) in [7, 11) is 0. The van der Waals surface area contributed by atoms with Gasteiger partial charge in [-0.25, -0.2) is 0 Å². The number of hydrogen-bond acceptors (Lipinski definition) is 9. The number of hydrogen-bond donors (Lipinski definition) is 0. The van der Waals surface area contributed by atoms with Gasteiger partial charge in [0.1, 0.15) is 0 Å². The number of fused-ring (bicyclic) bond motifs is 1. The van der Waals surface area contributed by atoms with Gasteiger partial charge in [0.15, 0.2) is 0 Å². The minimum Gasteiger partial charge on any atom is -0.465 e. The van der Waals surface area contributed by atoms with Crippen molar-refractivity contribution in [3.63, 3.8) is 0 Å². The quantitative estimate of drug-likeness (QED) is 0.382. The van der Waals surface area contributed by atoms with Gasteiger partial charge in [-0.2, -0.15) is 0 Å². The van der Waals surface area contributed by atoms with Crippen molar-refractivity contribution in [3.8, 4) is 0 Å². The molecule has 2 atom stereocenters. The summed E-state index contributed by atoms with van der Waals surface area (Å²) in [6.45, 7) is 9.71. The number of rotatable bonds is 9. The molecule has 1 heterocycles. The maximum Gasteiger partial charge on any atom is 0.320 e. The normalized spacial score (nSPS) is 23.7. The average molecular weight is 442 g/mol. The summed E-state index contributed by atoms with van der Waals surface area (Å²) in [4.78, 5) is 43.2. The summed E-state index contributed by atoms with van der Waals surface area (Å²) < 4.78 is 15.6. The maximum atomic E-state index is 12.3. The van der Waals surface area contributed by atoms with E-state index in [2.05, 4.69) is 9.80 Å². The molecule has 1 saturated carbocycles. The zero-order chi connectivity index (χ0) is 22.6. The summed E-state index contributed by atoms with van der Waals surface area (Å²) >= 11 is 0. The second-order valence-corrected chi connectivity index (χ2v) is 8.05. The van der Waals surface area contributed by atoms with Crippen LogP contribution in [0.3, 0.4) is 0 Å². The molecule has 0 radical (unpaired) electrons. The third-order valence-electron chi connectivity index (χ3n) is 5.97. The Morgan fingerprint density at radius 1 is 0.645 bits per heavy atom. The smallest absolute Gasteiger partial charge is 0.320 e. The van der Waals surface area contributed by atoms with E-state index in [0.717, 1.165) is 25.7 Å². The molecule has 9 heteroatoms. The zero-order valence-corrected chi connectivity index (χ0v) is 19.3. The fourth-order valence-corrected chi connectivity index (χ4v) is 4.61. The van der Waals surface area contributed by atoms with E-state index < -0.39 is 0 Å². The lowest BCUT2D eigenvalue weighted by molar-refractivity contribution is -0.148. The first-order chi connectivity index (χ1) is 15.0. The van der Waals surface area contributed by atoms with E-state index in [1.807, 2.05) is 18.7 Å². The molecule has 0 N–H and O–H groups in total. The van der Waals surface area contributed by atoms with Crippen molar-refractivity contribution < 1.29 is 28.6 Å². The molecule has 2 aliphatic rings. The fourth-order valence-electron chi connectivity index (χ4n) is 4.61. The number of ether oxygens (including phenoxy) is 3. The number of nitrogens with zero attached hydrogens (tertiary/aromatic N) is 3. The van der Waals surface area contributed by atoms with Crippen LogP contribution in [0.4, 0.5) is 0 Å². The Kier molecular flexibility index (Phi) is 11.2. The minimum absolute atomic E-state index is 0.162. The molecule has 0 amide bonds. The van der Waals surface area contributed by atoms with Crippen LogP contribution in [-0.2, 0) is 28.6 Å². The molecule has 1 aliphatic carbocycles. The summed E-state index contributed by atoms with van der Waals surface area (Å²) in [5.74, 6) is -0.729. The second-order valence-electron chi connectivity index (χ2n) is 8.05. The van der Waals surface area contributed by atoms with Crippen LogP contribution in [0, 0.1) is 0 Å². The molecular weight excluding hydrogens is 402 g/mol. The standard InChI is InChI=1S/C22H39N3O6/c1-4-29-20(26)15-23-11-13-24(16-21(27)30-5-2)18-9-7-8-10-19(18)25(14-12-23)17-22(28)31-6-3/h18-19H,4-17H2,1-3H3. The Bertz CT molecular complexity index is 548. The van der Waals surface area contributed by atoms with Crippen LogP contribution in [0.2, 0.25) is 0 Å². The SMILES string of the molecule is CCOC(=O)CN1CCN(CC(=O)OCC)C2CCCCC2N(CC(=O)OCC)CC1. The lowest BCUT2D eigenvalue weighted by Crippen LogP contribution is -2.56. The molecule has 0 bridgehead atoms. The second kappa shape index (κ2) is 13.6. The Hall–Kier alpha value is -1.71. The van der Waals surface area contributed by atoms with Crippen LogP contribution >= 0.6 is 0 Å². The third kappa shape index (κ3) is 8.38. The highest BCUT2D eigenvalue weighted by molar-refractivity contribution is 5.72. The third-order valence-corrected chi connectivity index (χ3v) is 5.97. The van der Waals surface area contributed by atoms with Gasteiger partial charge in [0.2, 0.25) is 0 Å². The maximum absolute atomic E-state index is 12.3. The van der Waals surface area contributed by atoms with Crippen molar-refractivity contribution in [3.05, 3.63) is 0 Å². The molecular formula is C22H39N3O6. The largest absolute Gasteiger partial charge is 0.465 e. The van der Waals surface area contributed by atoms with E-state index in [4.69, 9.17) is 14.2 Å². The van der Waals surface area contributed by atoms with Crippen molar-refractivity contribution in [1.29, 1.82) is 0 Å². The van der Waals surface area contributed by atoms with E-state index in [9.17, 15) is 14.4 Å². The molecule has 0 spiro atoms. The molecule has 2 fully saturated rings. The number of carbonyl (C=O) groups excluding carboxylic acids is 3. The zero-order valence-electron chi connectivity index (χ0n) is 19.3. The van der Waals surface area contributed by atoms with Crippen molar-refractivity contribution in [2.75, 3.05) is 65.6 Å². The van der Waals surface area contributed by atoms with Crippen molar-refractivity contribution >= 4 is 17.9 Å². The number of esters is 3. The van der Waals surface area contributed by atoms with E-state index in [-0.39, 0.29) is 49.6 Å². The van der Waals surface area contributed by atoms with Gasteiger partial charge in [-0.05, 0) is 33.6 Å². The van der Waals surface area contributed by atoms with Gasteiger partial charge in [0.25, 0.3) is 0 Å². The first kappa shape index (κ1) is 25.5. The molecule has 1 aliphatic heterocycles. The Labute approximate surface area is 185 Å². The van der Waals surface area contributed by atoms with Crippen molar-refractivity contribution in [2.45, 2.75) is 58.5 Å². The topological polar surface area (TPSA) is 88.6 Å². The van der Waals surface area contributed by atoms with Gasteiger partial charge in [-0.3, -0.25) is 29.1 Å². The molecule has 178 valence electrons. The van der Waals surface area contributed by atoms with Crippen LogP contribution < -0.4 is 0 Å². The van der Waals surface area contributed by atoms with Crippen LogP contribution in [0.5, 0.6) is 0 Å². The number of carbonyl (C=O) groups is 3. The molecule has 0 aromatic rings. The average Bonchev–Trinajstić information content (AvgIpc) is 2.79. The summed E-state index contributed by atoms with van der Waals surface area (Å²) in [5.41, 5.74) is 0. The van der Waals surface area contributed by atoms with Gasteiger partial charge in [-0.15, -0.1) is 0 Å². The van der Waals surface area contributed by atoms with Crippen LogP contribution in [-0.4, -0.2) is 110 Å². The van der Waals surface area contributed by atoms with Crippen LogP contribution in [0.15, 0.2) is 0 Å². The highest BCUT2D eigenvalue weighted by Crippen LogP contribution is 2.28. The van der Waals surface area contributed by atoms with E-state index in [1.165, 1.54) is 0 Å². The minimum atomic E-state index is -0.256. The molecule has 2 rings (SSSR count). The summed E-state index contributed by atoms with van der Waals surface area (Å²) in [5, 5.41) is 0. The van der Waals surface area contributed by atoms with E-state index in [1.54, 1.807) is 6.92 Å². The van der Waals surface area contributed by atoms with E-state index in [0.29, 0.717) is 46.0 Å². The van der Waals surface area contributed by atoms with Crippen LogP contribution in [0.1, 0.15) is 46.5 Å². The van der Waals surface area contributed by atoms with Crippen molar-refractivity contribution in [1.82, 2.24) is 14.7 Å². The monoisotopic (exact) mass is 441 g/mol. The van der Waals surface area contributed by atoms with Crippen LogP contribution in [0.25, 0.3) is 0 Å². The summed E-state index contributed by atoms with van der Waals surface area (Å²) in [6, 6.07) is 0.324. The predicted octanol–water partition coefficient (Wildman–Crippen LogP) is 0.907. The highest BCUT2D eigenvalue weighted by Gasteiger charge is 2.37. The highest BCUT2D eigenvalue weighted by atomic mass is 16.5. The van der Waals surface area contributed by atoms with Gasteiger partial charge in [-0.1, -0.05) is 12.8 Å². The molecule has 0 aromatic heterocycles. The Morgan fingerprint density at radius 3 is 1.42 bits per heavy atom. The lowest BCUT2D eigenvalue weighted by atomic mass is 9.87. The molecule has 2 unspecified atom stereocenters.